The van der Waals surface area contributed by atoms with Crippen molar-refractivity contribution in [3.8, 4) is 11.4 Å². The Balaban J connectivity index is 2.23. The van der Waals surface area contributed by atoms with Crippen molar-refractivity contribution >= 4 is 0 Å². The molecule has 5 heteroatoms. The summed E-state index contributed by atoms with van der Waals surface area (Å²) < 4.78 is 18.4. The van der Waals surface area contributed by atoms with E-state index in [0.29, 0.717) is 17.3 Å². The molecule has 2 N–H and O–H groups in total. The maximum Gasteiger partial charge on any atom is 0.243 e. The summed E-state index contributed by atoms with van der Waals surface area (Å²) in [6.45, 7) is 3.98. The molecule has 1 atom stereocenters. The first-order chi connectivity index (χ1) is 9.11. The summed E-state index contributed by atoms with van der Waals surface area (Å²) in [7, 11) is 0. The van der Waals surface area contributed by atoms with Gasteiger partial charge in [0.1, 0.15) is 5.82 Å². The normalized spacial score (nSPS) is 12.6. The van der Waals surface area contributed by atoms with Crippen molar-refractivity contribution in [1.82, 2.24) is 10.1 Å². The highest BCUT2D eigenvalue weighted by atomic mass is 19.1. The zero-order valence-corrected chi connectivity index (χ0v) is 11.2. The molecule has 102 valence electrons. The van der Waals surface area contributed by atoms with Crippen LogP contribution in [0.1, 0.15) is 43.7 Å². The van der Waals surface area contributed by atoms with Crippen molar-refractivity contribution in [1.29, 1.82) is 0 Å². The molecule has 0 spiro atoms. The van der Waals surface area contributed by atoms with Gasteiger partial charge in [-0.2, -0.15) is 4.98 Å². The minimum atomic E-state index is -0.317. The van der Waals surface area contributed by atoms with E-state index >= 15 is 0 Å². The average Bonchev–Trinajstić information content (AvgIpc) is 2.88. The van der Waals surface area contributed by atoms with Crippen LogP contribution >= 0.6 is 0 Å². The Kier molecular flexibility index (Phi) is 4.27. The number of halogens is 1. The zero-order chi connectivity index (χ0) is 13.8. The van der Waals surface area contributed by atoms with Crippen molar-refractivity contribution in [3.05, 3.63) is 35.5 Å². The van der Waals surface area contributed by atoms with Gasteiger partial charge in [-0.05, 0) is 31.0 Å². The predicted molar refractivity (Wildman–Crippen MR) is 70.9 cm³/mol. The molecule has 0 unspecified atom stereocenters. The van der Waals surface area contributed by atoms with Gasteiger partial charge in [0.15, 0.2) is 0 Å². The molecule has 1 heterocycles. The van der Waals surface area contributed by atoms with Crippen molar-refractivity contribution in [2.24, 2.45) is 5.73 Å². The maximum absolute atomic E-state index is 13.3. The van der Waals surface area contributed by atoms with Crippen LogP contribution in [0.25, 0.3) is 11.4 Å². The van der Waals surface area contributed by atoms with Gasteiger partial charge >= 0.3 is 0 Å². The molecule has 0 aliphatic carbocycles. The van der Waals surface area contributed by atoms with E-state index in [4.69, 9.17) is 10.3 Å². The maximum atomic E-state index is 13.3. The molecular weight excluding hydrogens is 245 g/mol. The van der Waals surface area contributed by atoms with Crippen molar-refractivity contribution in [2.75, 3.05) is 0 Å². The Morgan fingerprint density at radius 2 is 2.21 bits per heavy atom. The first-order valence-corrected chi connectivity index (χ1v) is 6.47. The number of nitrogens with zero attached hydrogens (tertiary/aromatic N) is 2. The smallest absolute Gasteiger partial charge is 0.243 e. The highest BCUT2D eigenvalue weighted by Crippen LogP contribution is 2.23. The molecule has 0 amide bonds. The van der Waals surface area contributed by atoms with E-state index in [0.717, 1.165) is 24.8 Å². The van der Waals surface area contributed by atoms with Gasteiger partial charge in [0.05, 0.1) is 6.04 Å². The lowest BCUT2D eigenvalue weighted by molar-refractivity contribution is 0.346. The second-order valence-corrected chi connectivity index (χ2v) is 4.66. The van der Waals surface area contributed by atoms with E-state index in [1.54, 1.807) is 6.07 Å². The Bertz CT molecular complexity index is 553. The van der Waals surface area contributed by atoms with Crippen LogP contribution in [0.15, 0.2) is 22.7 Å². The van der Waals surface area contributed by atoms with E-state index in [9.17, 15) is 4.39 Å². The fourth-order valence-corrected chi connectivity index (χ4v) is 1.88. The summed E-state index contributed by atoms with van der Waals surface area (Å²) in [5.74, 6) is 0.480. The van der Waals surface area contributed by atoms with Crippen LogP contribution < -0.4 is 5.73 Å². The summed E-state index contributed by atoms with van der Waals surface area (Å²) in [5.41, 5.74) is 7.51. The monoisotopic (exact) mass is 263 g/mol. The van der Waals surface area contributed by atoms with E-state index in [1.807, 2.05) is 6.92 Å². The lowest BCUT2D eigenvalue weighted by Crippen LogP contribution is -2.10. The molecule has 1 aromatic carbocycles. The molecule has 0 fully saturated rings. The number of benzene rings is 1. The summed E-state index contributed by atoms with van der Waals surface area (Å²) in [4.78, 5) is 4.27. The van der Waals surface area contributed by atoms with E-state index in [-0.39, 0.29) is 11.9 Å². The molecule has 0 aliphatic rings. The molecule has 0 saturated carbocycles. The highest BCUT2D eigenvalue weighted by molar-refractivity contribution is 5.59. The highest BCUT2D eigenvalue weighted by Gasteiger charge is 2.16. The zero-order valence-electron chi connectivity index (χ0n) is 11.2. The van der Waals surface area contributed by atoms with Crippen LogP contribution in [-0.2, 0) is 0 Å². The Hall–Kier alpha value is -1.75. The summed E-state index contributed by atoms with van der Waals surface area (Å²) in [6.07, 6.45) is 2.88. The molecule has 2 rings (SSSR count). The van der Waals surface area contributed by atoms with Gasteiger partial charge in [-0.15, -0.1) is 0 Å². The number of nitrogens with two attached hydrogens (primary N) is 1. The van der Waals surface area contributed by atoms with Crippen LogP contribution in [0, 0.1) is 12.7 Å². The van der Waals surface area contributed by atoms with E-state index in [1.165, 1.54) is 12.1 Å². The van der Waals surface area contributed by atoms with Gasteiger partial charge in [-0.25, -0.2) is 4.39 Å². The fourth-order valence-electron chi connectivity index (χ4n) is 1.88. The Labute approximate surface area is 111 Å². The number of unbranched alkanes of at least 4 members (excludes halogenated alkanes) is 1. The molecule has 1 aromatic heterocycles. The summed E-state index contributed by atoms with van der Waals surface area (Å²) in [6, 6.07) is 4.25. The second-order valence-electron chi connectivity index (χ2n) is 4.66. The van der Waals surface area contributed by atoms with E-state index < -0.39 is 0 Å². The third-order valence-corrected chi connectivity index (χ3v) is 3.07. The number of aromatic nitrogens is 2. The van der Waals surface area contributed by atoms with Crippen molar-refractivity contribution in [3.63, 3.8) is 0 Å². The van der Waals surface area contributed by atoms with Gasteiger partial charge < -0.3 is 10.3 Å². The van der Waals surface area contributed by atoms with Gasteiger partial charge in [-0.3, -0.25) is 0 Å². The third-order valence-electron chi connectivity index (χ3n) is 3.07. The standard InChI is InChI=1S/C14H18FN3O/c1-3-4-5-12(16)14-17-13(18-19-14)11-8-10(15)7-6-9(11)2/h6-8,12H,3-5,16H2,1-2H3/t12-/m0/s1. The Morgan fingerprint density at radius 1 is 1.42 bits per heavy atom. The molecular formula is C14H18FN3O. The molecule has 0 aliphatic heterocycles. The number of hydrogen-bond donors (Lipinski definition) is 1. The lowest BCUT2D eigenvalue weighted by atomic mass is 10.1. The minimum Gasteiger partial charge on any atom is -0.337 e. The third kappa shape index (κ3) is 3.17. The average molecular weight is 263 g/mol. The molecule has 0 radical (unpaired) electrons. The van der Waals surface area contributed by atoms with Crippen LogP contribution in [-0.4, -0.2) is 10.1 Å². The second kappa shape index (κ2) is 5.93. The quantitative estimate of drug-likeness (QED) is 0.898. The van der Waals surface area contributed by atoms with Crippen molar-refractivity contribution < 1.29 is 8.91 Å². The summed E-state index contributed by atoms with van der Waals surface area (Å²) in [5, 5.41) is 3.88. The van der Waals surface area contributed by atoms with Crippen LogP contribution in [0.2, 0.25) is 0 Å². The molecule has 19 heavy (non-hydrogen) atoms. The van der Waals surface area contributed by atoms with Crippen molar-refractivity contribution in [2.45, 2.75) is 39.2 Å². The number of hydrogen-bond acceptors (Lipinski definition) is 4. The number of rotatable bonds is 5. The van der Waals surface area contributed by atoms with E-state index in [2.05, 4.69) is 17.1 Å². The van der Waals surface area contributed by atoms with Gasteiger partial charge in [0.2, 0.25) is 11.7 Å². The first-order valence-electron chi connectivity index (χ1n) is 6.47. The SMILES string of the molecule is CCCC[C@H](N)c1nc(-c2cc(F)ccc2C)no1. The number of aryl methyl sites for hydroxylation is 1. The van der Waals surface area contributed by atoms with Crippen LogP contribution in [0.5, 0.6) is 0 Å². The predicted octanol–water partition coefficient (Wildman–Crippen LogP) is 3.37. The van der Waals surface area contributed by atoms with Gasteiger partial charge in [-0.1, -0.05) is 31.0 Å². The topological polar surface area (TPSA) is 64.9 Å². The van der Waals surface area contributed by atoms with Gasteiger partial charge in [0.25, 0.3) is 0 Å². The van der Waals surface area contributed by atoms with Crippen LogP contribution in [0.3, 0.4) is 0 Å². The molecule has 0 saturated heterocycles. The minimum absolute atomic E-state index is 0.255. The Morgan fingerprint density at radius 3 is 2.95 bits per heavy atom. The molecule has 2 aromatic rings. The first kappa shape index (κ1) is 13.7. The molecule has 4 nitrogen and oxygen atoms in total. The van der Waals surface area contributed by atoms with Gasteiger partial charge in [0, 0.05) is 5.56 Å². The largest absolute Gasteiger partial charge is 0.337 e. The summed E-state index contributed by atoms with van der Waals surface area (Å²) >= 11 is 0. The fraction of sp³-hybridized carbons (Fsp3) is 0.429. The lowest BCUT2D eigenvalue weighted by Gasteiger charge is -2.04. The van der Waals surface area contributed by atoms with Crippen LogP contribution in [0.4, 0.5) is 4.39 Å². The molecule has 0 bridgehead atoms.